The van der Waals surface area contributed by atoms with Gasteiger partial charge in [-0.25, -0.2) is 4.68 Å². The van der Waals surface area contributed by atoms with Crippen LogP contribution in [0, 0.1) is 20.8 Å². The normalized spacial score (nSPS) is 11.7. The molecule has 6 nitrogen and oxygen atoms in total. The molecule has 7 heteroatoms. The molecule has 0 radical (unpaired) electrons. The van der Waals surface area contributed by atoms with E-state index in [1.165, 1.54) is 0 Å². The number of rotatable bonds is 6. The molecule has 0 bridgehead atoms. The monoisotopic (exact) mass is 412 g/mol. The van der Waals surface area contributed by atoms with Gasteiger partial charge in [0.05, 0.1) is 22.8 Å². The van der Waals surface area contributed by atoms with Crippen LogP contribution in [0.25, 0.3) is 5.69 Å². The molecule has 3 aromatic rings. The SMILES string of the molecule is Cc1ccccc1-n1nc(C(C)(C)C)cc1NC(=O)CSCc1c(C)noc1C. The summed E-state index contributed by atoms with van der Waals surface area (Å²) in [5.74, 6) is 2.47. The largest absolute Gasteiger partial charge is 0.361 e. The summed E-state index contributed by atoms with van der Waals surface area (Å²) in [6.45, 7) is 12.2. The van der Waals surface area contributed by atoms with Crippen molar-refractivity contribution in [2.75, 3.05) is 11.1 Å². The number of para-hydroxylation sites is 1. The smallest absolute Gasteiger partial charge is 0.235 e. The van der Waals surface area contributed by atoms with Gasteiger partial charge in [-0.1, -0.05) is 44.1 Å². The fourth-order valence-corrected chi connectivity index (χ4v) is 3.93. The van der Waals surface area contributed by atoms with Crippen LogP contribution in [0.2, 0.25) is 0 Å². The van der Waals surface area contributed by atoms with Gasteiger partial charge >= 0.3 is 0 Å². The van der Waals surface area contributed by atoms with E-state index in [-0.39, 0.29) is 11.3 Å². The van der Waals surface area contributed by atoms with E-state index in [2.05, 4.69) is 31.2 Å². The van der Waals surface area contributed by atoms with E-state index >= 15 is 0 Å². The summed E-state index contributed by atoms with van der Waals surface area (Å²) >= 11 is 1.54. The van der Waals surface area contributed by atoms with Crippen molar-refractivity contribution in [2.45, 2.75) is 52.7 Å². The fraction of sp³-hybridized carbons (Fsp3) is 0.409. The molecule has 29 heavy (non-hydrogen) atoms. The summed E-state index contributed by atoms with van der Waals surface area (Å²) in [6, 6.07) is 9.99. The number of benzene rings is 1. The highest BCUT2D eigenvalue weighted by Crippen LogP contribution is 2.27. The molecule has 154 valence electrons. The lowest BCUT2D eigenvalue weighted by Gasteiger charge is -2.14. The van der Waals surface area contributed by atoms with Crippen LogP contribution >= 0.6 is 11.8 Å². The first-order valence-corrected chi connectivity index (χ1v) is 10.8. The van der Waals surface area contributed by atoms with Gasteiger partial charge in [-0.05, 0) is 32.4 Å². The van der Waals surface area contributed by atoms with Gasteiger partial charge in [-0.15, -0.1) is 11.8 Å². The minimum absolute atomic E-state index is 0.0584. The molecule has 3 rings (SSSR count). The first kappa shape index (κ1) is 21.2. The summed E-state index contributed by atoms with van der Waals surface area (Å²) < 4.78 is 7.01. The third kappa shape index (κ3) is 4.90. The van der Waals surface area contributed by atoms with Crippen LogP contribution in [-0.2, 0) is 16.0 Å². The second-order valence-electron chi connectivity index (χ2n) is 8.21. The summed E-state index contributed by atoms with van der Waals surface area (Å²) in [5.41, 5.74) is 4.80. The lowest BCUT2D eigenvalue weighted by atomic mass is 9.92. The van der Waals surface area contributed by atoms with Gasteiger partial charge in [0.1, 0.15) is 11.6 Å². The molecule has 0 unspecified atom stereocenters. The average Bonchev–Trinajstić information content (AvgIpc) is 3.20. The van der Waals surface area contributed by atoms with Gasteiger partial charge in [-0.2, -0.15) is 5.10 Å². The van der Waals surface area contributed by atoms with E-state index < -0.39 is 0 Å². The lowest BCUT2D eigenvalue weighted by molar-refractivity contribution is -0.113. The number of nitrogens with one attached hydrogen (secondary N) is 1. The van der Waals surface area contributed by atoms with Crippen LogP contribution < -0.4 is 5.32 Å². The van der Waals surface area contributed by atoms with Crippen LogP contribution in [0.1, 0.15) is 49.0 Å². The molecule has 0 aliphatic heterocycles. The highest BCUT2D eigenvalue weighted by molar-refractivity contribution is 7.99. The van der Waals surface area contributed by atoms with Crippen molar-refractivity contribution < 1.29 is 9.32 Å². The Balaban J connectivity index is 1.76. The number of carbonyl (C=O) groups is 1. The standard InChI is InChI=1S/C22H28N4O2S/c1-14-9-7-8-10-18(14)26-20(11-19(24-26)22(4,5)6)23-21(27)13-29-12-17-15(2)25-28-16(17)3/h7-11H,12-13H2,1-6H3,(H,23,27). The van der Waals surface area contributed by atoms with E-state index in [0.717, 1.165) is 34.0 Å². The summed E-state index contributed by atoms with van der Waals surface area (Å²) in [4.78, 5) is 12.6. The van der Waals surface area contributed by atoms with E-state index in [1.54, 1.807) is 11.8 Å². The Hall–Kier alpha value is -2.54. The van der Waals surface area contributed by atoms with E-state index in [0.29, 0.717) is 17.3 Å². The maximum absolute atomic E-state index is 12.6. The van der Waals surface area contributed by atoms with Crippen molar-refractivity contribution in [3.8, 4) is 5.69 Å². The summed E-state index contributed by atoms with van der Waals surface area (Å²) in [7, 11) is 0. The molecule has 1 N–H and O–H groups in total. The van der Waals surface area contributed by atoms with Crippen LogP contribution in [0.15, 0.2) is 34.9 Å². The molecule has 0 atom stereocenters. The second kappa shape index (κ2) is 8.45. The predicted molar refractivity (Wildman–Crippen MR) is 118 cm³/mol. The molecule has 1 amide bonds. The van der Waals surface area contributed by atoms with Crippen molar-refractivity contribution in [1.29, 1.82) is 0 Å². The number of carbonyl (C=O) groups excluding carboxylic acids is 1. The number of aromatic nitrogens is 3. The Bertz CT molecular complexity index is 995. The first-order valence-electron chi connectivity index (χ1n) is 9.62. The van der Waals surface area contributed by atoms with Gasteiger partial charge in [0, 0.05) is 22.8 Å². The third-order valence-corrected chi connectivity index (χ3v) is 5.71. The van der Waals surface area contributed by atoms with Crippen molar-refractivity contribution >= 4 is 23.5 Å². The van der Waals surface area contributed by atoms with Crippen LogP contribution in [0.3, 0.4) is 0 Å². The number of amides is 1. The van der Waals surface area contributed by atoms with Crippen molar-refractivity contribution in [3.05, 3.63) is 58.6 Å². The summed E-state index contributed by atoms with van der Waals surface area (Å²) in [5, 5.41) is 11.8. The first-order chi connectivity index (χ1) is 13.7. The Labute approximate surface area is 176 Å². The molecule has 2 aromatic heterocycles. The summed E-state index contributed by atoms with van der Waals surface area (Å²) in [6.07, 6.45) is 0. The maximum atomic E-state index is 12.6. The Morgan fingerprint density at radius 2 is 1.93 bits per heavy atom. The number of hydrogen-bond donors (Lipinski definition) is 1. The average molecular weight is 413 g/mol. The quantitative estimate of drug-likeness (QED) is 0.620. The van der Waals surface area contributed by atoms with Gasteiger partial charge in [0.25, 0.3) is 0 Å². The molecular weight excluding hydrogens is 384 g/mol. The van der Waals surface area contributed by atoms with Crippen molar-refractivity contribution in [3.63, 3.8) is 0 Å². The van der Waals surface area contributed by atoms with E-state index in [1.807, 2.05) is 55.8 Å². The number of nitrogens with zero attached hydrogens (tertiary/aromatic N) is 3. The molecule has 0 aliphatic rings. The molecule has 0 saturated carbocycles. The topological polar surface area (TPSA) is 73.0 Å². The van der Waals surface area contributed by atoms with Crippen molar-refractivity contribution in [1.82, 2.24) is 14.9 Å². The minimum Gasteiger partial charge on any atom is -0.361 e. The zero-order chi connectivity index (χ0) is 21.2. The number of thioether (sulfide) groups is 1. The van der Waals surface area contributed by atoms with Gasteiger partial charge in [0.15, 0.2) is 0 Å². The molecule has 0 aliphatic carbocycles. The number of hydrogen-bond acceptors (Lipinski definition) is 5. The van der Waals surface area contributed by atoms with Crippen LogP contribution in [0.4, 0.5) is 5.82 Å². The highest BCUT2D eigenvalue weighted by atomic mass is 32.2. The molecule has 0 fully saturated rings. The number of anilines is 1. The molecule has 0 saturated heterocycles. The predicted octanol–water partition coefficient (Wildman–Crippen LogP) is 4.95. The van der Waals surface area contributed by atoms with Crippen LogP contribution in [0.5, 0.6) is 0 Å². The van der Waals surface area contributed by atoms with E-state index in [9.17, 15) is 4.79 Å². The molecule has 1 aromatic carbocycles. The van der Waals surface area contributed by atoms with Crippen LogP contribution in [-0.4, -0.2) is 26.6 Å². The zero-order valence-electron chi connectivity index (χ0n) is 17.9. The Morgan fingerprint density at radius 3 is 2.55 bits per heavy atom. The molecule has 2 heterocycles. The highest BCUT2D eigenvalue weighted by Gasteiger charge is 2.22. The Morgan fingerprint density at radius 1 is 1.21 bits per heavy atom. The van der Waals surface area contributed by atoms with Gasteiger partial charge < -0.3 is 9.84 Å². The zero-order valence-corrected chi connectivity index (χ0v) is 18.7. The molecular formula is C22H28N4O2S. The fourth-order valence-electron chi connectivity index (χ4n) is 2.95. The maximum Gasteiger partial charge on any atom is 0.235 e. The lowest BCUT2D eigenvalue weighted by Crippen LogP contribution is -2.17. The number of aryl methyl sites for hydroxylation is 3. The third-order valence-electron chi connectivity index (χ3n) is 4.75. The second-order valence-corrected chi connectivity index (χ2v) is 9.19. The van der Waals surface area contributed by atoms with Crippen molar-refractivity contribution in [2.24, 2.45) is 0 Å². The molecule has 0 spiro atoms. The van der Waals surface area contributed by atoms with E-state index in [4.69, 9.17) is 9.62 Å². The Kier molecular flexibility index (Phi) is 6.17. The minimum atomic E-state index is -0.120. The van der Waals surface area contributed by atoms with Gasteiger partial charge in [-0.3, -0.25) is 4.79 Å². The van der Waals surface area contributed by atoms with Gasteiger partial charge in [0.2, 0.25) is 5.91 Å².